The first-order chi connectivity index (χ1) is 14.2. The number of hydrogen-bond donors (Lipinski definition) is 0. The summed E-state index contributed by atoms with van der Waals surface area (Å²) in [6, 6.07) is 22.7. The van der Waals surface area contributed by atoms with Crippen LogP contribution in [-0.2, 0) is 6.61 Å². The van der Waals surface area contributed by atoms with Crippen LogP contribution in [0.5, 0.6) is 5.75 Å². The molecule has 0 amide bonds. The Balaban J connectivity index is 1.35. The maximum Gasteiger partial charge on any atom is 0.185 e. The standard InChI is InChI=1S/C24H18BrNO3/c25-19-5-9-21(10-6-19)28-17-23-12-11-22(29-23)13-14-24(27)18-3-7-20(8-4-18)26-15-1-2-16-26/h1-16H,17H2/b14-13+. The first-order valence-electron chi connectivity index (χ1n) is 9.10. The second-order valence-electron chi connectivity index (χ2n) is 6.38. The molecular formula is C24H18BrNO3. The lowest BCUT2D eigenvalue weighted by molar-refractivity contribution is 0.104. The van der Waals surface area contributed by atoms with E-state index in [0.717, 1.165) is 15.9 Å². The molecule has 4 rings (SSSR count). The van der Waals surface area contributed by atoms with Gasteiger partial charge >= 0.3 is 0 Å². The molecule has 0 unspecified atom stereocenters. The first kappa shape index (κ1) is 19.0. The van der Waals surface area contributed by atoms with E-state index in [1.54, 1.807) is 6.08 Å². The van der Waals surface area contributed by atoms with Crippen LogP contribution in [0.4, 0.5) is 0 Å². The van der Waals surface area contributed by atoms with Crippen molar-refractivity contribution in [1.82, 2.24) is 4.57 Å². The molecular weight excluding hydrogens is 430 g/mol. The maximum atomic E-state index is 12.4. The molecule has 0 aliphatic rings. The zero-order valence-electron chi connectivity index (χ0n) is 15.5. The normalized spacial score (nSPS) is 11.1. The van der Waals surface area contributed by atoms with Crippen LogP contribution >= 0.6 is 15.9 Å². The highest BCUT2D eigenvalue weighted by molar-refractivity contribution is 9.10. The molecule has 29 heavy (non-hydrogen) atoms. The number of hydrogen-bond acceptors (Lipinski definition) is 3. The van der Waals surface area contributed by atoms with Gasteiger partial charge in [-0.1, -0.05) is 15.9 Å². The Hall–Kier alpha value is -3.31. The Morgan fingerprint density at radius 3 is 2.41 bits per heavy atom. The summed E-state index contributed by atoms with van der Waals surface area (Å²) in [6.45, 7) is 0.324. The van der Waals surface area contributed by atoms with Crippen molar-refractivity contribution in [2.24, 2.45) is 0 Å². The highest BCUT2D eigenvalue weighted by atomic mass is 79.9. The van der Waals surface area contributed by atoms with Gasteiger partial charge in [0.1, 0.15) is 23.9 Å². The van der Waals surface area contributed by atoms with Gasteiger partial charge in [0.2, 0.25) is 0 Å². The number of furan rings is 1. The quantitative estimate of drug-likeness (QED) is 0.246. The molecule has 0 aliphatic carbocycles. The zero-order chi connectivity index (χ0) is 20.1. The van der Waals surface area contributed by atoms with Crippen molar-refractivity contribution >= 4 is 27.8 Å². The summed E-state index contributed by atoms with van der Waals surface area (Å²) in [7, 11) is 0. The number of halogens is 1. The van der Waals surface area contributed by atoms with E-state index in [-0.39, 0.29) is 5.78 Å². The summed E-state index contributed by atoms with van der Waals surface area (Å²) in [6.07, 6.45) is 7.12. The molecule has 0 saturated heterocycles. The minimum atomic E-state index is -0.0758. The largest absolute Gasteiger partial charge is 0.486 e. The average molecular weight is 448 g/mol. The predicted octanol–water partition coefficient (Wildman–Crippen LogP) is 6.31. The molecule has 0 atom stereocenters. The molecule has 0 aliphatic heterocycles. The average Bonchev–Trinajstić information content (AvgIpc) is 3.44. The van der Waals surface area contributed by atoms with E-state index >= 15 is 0 Å². The number of allylic oxidation sites excluding steroid dienone is 1. The second-order valence-corrected chi connectivity index (χ2v) is 7.30. The molecule has 2 aromatic heterocycles. The van der Waals surface area contributed by atoms with E-state index in [0.29, 0.717) is 23.7 Å². The topological polar surface area (TPSA) is 44.4 Å². The fourth-order valence-electron chi connectivity index (χ4n) is 2.81. The molecule has 0 bridgehead atoms. The number of ketones is 1. The van der Waals surface area contributed by atoms with E-state index in [9.17, 15) is 4.79 Å². The van der Waals surface area contributed by atoms with Crippen LogP contribution in [-0.4, -0.2) is 10.4 Å². The molecule has 144 valence electrons. The Bertz CT molecular complexity index is 1110. The van der Waals surface area contributed by atoms with Gasteiger partial charge in [0.05, 0.1) is 0 Å². The monoisotopic (exact) mass is 447 g/mol. The predicted molar refractivity (Wildman–Crippen MR) is 116 cm³/mol. The lowest BCUT2D eigenvalue weighted by Gasteiger charge is -2.03. The van der Waals surface area contributed by atoms with Crippen molar-refractivity contribution in [1.29, 1.82) is 0 Å². The van der Waals surface area contributed by atoms with Gasteiger partial charge in [-0.05, 0) is 84.9 Å². The number of carbonyl (C=O) groups excluding carboxylic acids is 1. The number of nitrogens with zero attached hydrogens (tertiary/aromatic N) is 1. The molecule has 2 aromatic carbocycles. The minimum absolute atomic E-state index is 0.0758. The number of aromatic nitrogens is 1. The summed E-state index contributed by atoms with van der Waals surface area (Å²) in [5.74, 6) is 1.99. The van der Waals surface area contributed by atoms with Crippen molar-refractivity contribution < 1.29 is 13.9 Å². The Labute approximate surface area is 177 Å². The summed E-state index contributed by atoms with van der Waals surface area (Å²) in [4.78, 5) is 12.4. The van der Waals surface area contributed by atoms with Crippen LogP contribution in [0.25, 0.3) is 11.8 Å². The van der Waals surface area contributed by atoms with E-state index in [2.05, 4.69) is 15.9 Å². The highest BCUT2D eigenvalue weighted by Crippen LogP contribution is 2.19. The summed E-state index contributed by atoms with van der Waals surface area (Å²) < 4.78 is 14.4. The van der Waals surface area contributed by atoms with Crippen molar-refractivity contribution in [3.05, 3.63) is 113 Å². The molecule has 0 N–H and O–H groups in total. The molecule has 4 nitrogen and oxygen atoms in total. The van der Waals surface area contributed by atoms with E-state index < -0.39 is 0 Å². The molecule has 0 radical (unpaired) electrons. The van der Waals surface area contributed by atoms with Gasteiger partial charge in [0, 0.05) is 28.1 Å². The van der Waals surface area contributed by atoms with Gasteiger partial charge in [-0.3, -0.25) is 4.79 Å². The van der Waals surface area contributed by atoms with Crippen molar-refractivity contribution in [2.45, 2.75) is 6.61 Å². The van der Waals surface area contributed by atoms with Crippen LogP contribution in [0.1, 0.15) is 21.9 Å². The number of carbonyl (C=O) groups is 1. The van der Waals surface area contributed by atoms with Gasteiger partial charge in [0.15, 0.2) is 5.78 Å². The summed E-state index contributed by atoms with van der Waals surface area (Å²) >= 11 is 3.39. The Morgan fingerprint density at radius 2 is 1.69 bits per heavy atom. The van der Waals surface area contributed by atoms with Crippen LogP contribution in [0.3, 0.4) is 0 Å². The molecule has 5 heteroatoms. The first-order valence-corrected chi connectivity index (χ1v) is 9.89. The third-order valence-corrected chi connectivity index (χ3v) is 4.86. The van der Waals surface area contributed by atoms with E-state index in [4.69, 9.17) is 9.15 Å². The van der Waals surface area contributed by atoms with Gasteiger partial charge in [-0.2, -0.15) is 0 Å². The number of ether oxygens (including phenoxy) is 1. The Kier molecular flexibility index (Phi) is 5.77. The zero-order valence-corrected chi connectivity index (χ0v) is 17.1. The third-order valence-electron chi connectivity index (χ3n) is 4.33. The van der Waals surface area contributed by atoms with Crippen LogP contribution < -0.4 is 4.74 Å². The lowest BCUT2D eigenvalue weighted by Crippen LogP contribution is -1.96. The number of rotatable bonds is 7. The van der Waals surface area contributed by atoms with Crippen LogP contribution in [0, 0.1) is 0 Å². The van der Waals surface area contributed by atoms with E-state index in [1.165, 1.54) is 6.08 Å². The maximum absolute atomic E-state index is 12.4. The second kappa shape index (κ2) is 8.80. The highest BCUT2D eigenvalue weighted by Gasteiger charge is 2.05. The fraction of sp³-hybridized carbons (Fsp3) is 0.0417. The fourth-order valence-corrected chi connectivity index (χ4v) is 3.07. The molecule has 0 spiro atoms. The summed E-state index contributed by atoms with van der Waals surface area (Å²) in [5.41, 5.74) is 1.64. The molecule has 0 saturated carbocycles. The molecule has 2 heterocycles. The number of benzene rings is 2. The summed E-state index contributed by atoms with van der Waals surface area (Å²) in [5, 5.41) is 0. The van der Waals surface area contributed by atoms with Crippen LogP contribution in [0.15, 0.2) is 100 Å². The molecule has 0 fully saturated rings. The third kappa shape index (κ3) is 4.95. The van der Waals surface area contributed by atoms with Gasteiger partial charge < -0.3 is 13.7 Å². The lowest BCUT2D eigenvalue weighted by atomic mass is 10.1. The van der Waals surface area contributed by atoms with Gasteiger partial charge in [-0.25, -0.2) is 0 Å². The molecule has 4 aromatic rings. The van der Waals surface area contributed by atoms with E-state index in [1.807, 2.05) is 89.8 Å². The van der Waals surface area contributed by atoms with Gasteiger partial charge in [0.25, 0.3) is 0 Å². The minimum Gasteiger partial charge on any atom is -0.486 e. The van der Waals surface area contributed by atoms with Gasteiger partial charge in [-0.15, -0.1) is 0 Å². The SMILES string of the molecule is O=C(/C=C/c1ccc(COc2ccc(Br)cc2)o1)c1ccc(-n2cccc2)cc1. The van der Waals surface area contributed by atoms with Crippen molar-refractivity contribution in [3.8, 4) is 11.4 Å². The van der Waals surface area contributed by atoms with Crippen LogP contribution in [0.2, 0.25) is 0 Å². The van der Waals surface area contributed by atoms with Crippen molar-refractivity contribution in [2.75, 3.05) is 0 Å². The Morgan fingerprint density at radius 1 is 0.966 bits per heavy atom. The van der Waals surface area contributed by atoms with Crippen molar-refractivity contribution in [3.63, 3.8) is 0 Å². The smallest absolute Gasteiger partial charge is 0.185 e.